The number of halogens is 2. The molecule has 2 aromatic rings. The lowest BCUT2D eigenvalue weighted by atomic mass is 10.00. The highest BCUT2D eigenvalue weighted by atomic mass is 19.1. The fraction of sp³-hybridized carbons (Fsp3) is 0.500. The van der Waals surface area contributed by atoms with Gasteiger partial charge in [0.1, 0.15) is 23.1 Å². The molecule has 1 aromatic carbocycles. The first-order valence-electron chi connectivity index (χ1n) is 9.49. The molecule has 6 nitrogen and oxygen atoms in total. The van der Waals surface area contributed by atoms with Gasteiger partial charge in [-0.25, -0.2) is 8.78 Å². The SMILES string of the molecule is CN=C(NCC(C)c1c(C)noc1C)NC1CCN(c2c(F)cccc2F)C1. The van der Waals surface area contributed by atoms with Crippen LogP contribution < -0.4 is 15.5 Å². The summed E-state index contributed by atoms with van der Waals surface area (Å²) in [6.45, 7) is 7.71. The molecule has 0 spiro atoms. The molecule has 0 radical (unpaired) electrons. The Hall–Kier alpha value is -2.64. The van der Waals surface area contributed by atoms with Crippen molar-refractivity contribution in [1.29, 1.82) is 0 Å². The van der Waals surface area contributed by atoms with Crippen molar-refractivity contribution >= 4 is 11.6 Å². The van der Waals surface area contributed by atoms with Crippen LogP contribution in [0.5, 0.6) is 0 Å². The number of hydrogen-bond donors (Lipinski definition) is 2. The van der Waals surface area contributed by atoms with Gasteiger partial charge < -0.3 is 20.1 Å². The van der Waals surface area contributed by atoms with E-state index in [1.54, 1.807) is 11.9 Å². The number of nitrogens with zero attached hydrogens (tertiary/aromatic N) is 3. The van der Waals surface area contributed by atoms with E-state index in [1.807, 2.05) is 13.8 Å². The molecule has 0 saturated carbocycles. The van der Waals surface area contributed by atoms with Gasteiger partial charge >= 0.3 is 0 Å². The van der Waals surface area contributed by atoms with Crippen LogP contribution in [0.1, 0.15) is 36.3 Å². The van der Waals surface area contributed by atoms with Crippen molar-refractivity contribution in [2.75, 3.05) is 31.6 Å². The Morgan fingerprint density at radius 2 is 2.07 bits per heavy atom. The van der Waals surface area contributed by atoms with E-state index in [4.69, 9.17) is 4.52 Å². The molecule has 0 bridgehead atoms. The molecule has 0 amide bonds. The molecule has 3 rings (SSSR count). The molecule has 2 unspecified atom stereocenters. The van der Waals surface area contributed by atoms with Gasteiger partial charge in [-0.1, -0.05) is 18.1 Å². The minimum atomic E-state index is -0.531. The highest BCUT2D eigenvalue weighted by Crippen LogP contribution is 2.27. The topological polar surface area (TPSA) is 65.7 Å². The maximum Gasteiger partial charge on any atom is 0.191 e. The second-order valence-electron chi connectivity index (χ2n) is 7.24. The molecular weight excluding hydrogens is 364 g/mol. The van der Waals surface area contributed by atoms with Gasteiger partial charge in [0.2, 0.25) is 0 Å². The Bertz CT molecular complexity index is 811. The van der Waals surface area contributed by atoms with Crippen molar-refractivity contribution in [2.24, 2.45) is 4.99 Å². The molecule has 28 heavy (non-hydrogen) atoms. The standard InChI is InChI=1S/C20H27F2N5O/c1-12(18-13(2)26-28-14(18)3)10-24-20(23-4)25-15-8-9-27(11-15)19-16(21)6-5-7-17(19)22/h5-7,12,15H,8-11H2,1-4H3,(H2,23,24,25). The Morgan fingerprint density at radius 3 is 2.68 bits per heavy atom. The van der Waals surface area contributed by atoms with Crippen LogP contribution in [-0.2, 0) is 0 Å². The Labute approximate surface area is 164 Å². The molecule has 1 aliphatic rings. The van der Waals surface area contributed by atoms with Gasteiger partial charge in [0.15, 0.2) is 5.96 Å². The van der Waals surface area contributed by atoms with Crippen LogP contribution in [0.15, 0.2) is 27.7 Å². The van der Waals surface area contributed by atoms with Gasteiger partial charge in [-0.05, 0) is 32.4 Å². The van der Waals surface area contributed by atoms with Gasteiger partial charge in [-0.3, -0.25) is 4.99 Å². The van der Waals surface area contributed by atoms with Crippen LogP contribution in [0, 0.1) is 25.5 Å². The van der Waals surface area contributed by atoms with Gasteiger partial charge in [0.25, 0.3) is 0 Å². The van der Waals surface area contributed by atoms with E-state index in [-0.39, 0.29) is 17.6 Å². The van der Waals surface area contributed by atoms with E-state index in [0.29, 0.717) is 25.6 Å². The molecule has 2 atom stereocenters. The van der Waals surface area contributed by atoms with E-state index in [9.17, 15) is 8.78 Å². The van der Waals surface area contributed by atoms with E-state index in [1.165, 1.54) is 18.2 Å². The largest absolute Gasteiger partial charge is 0.365 e. The summed E-state index contributed by atoms with van der Waals surface area (Å²) in [5, 5.41) is 10.7. The summed E-state index contributed by atoms with van der Waals surface area (Å²) in [4.78, 5) is 6.01. The van der Waals surface area contributed by atoms with Crippen LogP contribution in [0.2, 0.25) is 0 Å². The third-order valence-electron chi connectivity index (χ3n) is 5.16. The highest BCUT2D eigenvalue weighted by molar-refractivity contribution is 5.80. The van der Waals surface area contributed by atoms with Gasteiger partial charge in [-0.15, -0.1) is 0 Å². The Morgan fingerprint density at radius 1 is 1.36 bits per heavy atom. The maximum absolute atomic E-state index is 14.0. The van der Waals surface area contributed by atoms with Crippen molar-refractivity contribution in [3.8, 4) is 0 Å². The number of aliphatic imine (C=N–C) groups is 1. The number of rotatable bonds is 5. The molecule has 1 aliphatic heterocycles. The fourth-order valence-corrected chi connectivity index (χ4v) is 3.81. The summed E-state index contributed by atoms with van der Waals surface area (Å²) in [7, 11) is 1.71. The predicted molar refractivity (Wildman–Crippen MR) is 106 cm³/mol. The van der Waals surface area contributed by atoms with Crippen LogP contribution >= 0.6 is 0 Å². The normalized spacial score (nSPS) is 18.4. The van der Waals surface area contributed by atoms with Crippen LogP contribution in [-0.4, -0.2) is 43.8 Å². The molecule has 2 heterocycles. The molecule has 2 N–H and O–H groups in total. The van der Waals surface area contributed by atoms with Crippen LogP contribution in [0.3, 0.4) is 0 Å². The van der Waals surface area contributed by atoms with E-state index in [2.05, 4.69) is 27.7 Å². The van der Waals surface area contributed by atoms with Crippen LogP contribution in [0.25, 0.3) is 0 Å². The summed E-state index contributed by atoms with van der Waals surface area (Å²) in [6.07, 6.45) is 0.772. The third kappa shape index (κ3) is 4.26. The van der Waals surface area contributed by atoms with Crippen molar-refractivity contribution in [3.05, 3.63) is 46.9 Å². The quantitative estimate of drug-likeness (QED) is 0.606. The average molecular weight is 391 g/mol. The first kappa shape index (κ1) is 20.1. The van der Waals surface area contributed by atoms with E-state index >= 15 is 0 Å². The number of aromatic nitrogens is 1. The van der Waals surface area contributed by atoms with Crippen molar-refractivity contribution in [3.63, 3.8) is 0 Å². The third-order valence-corrected chi connectivity index (χ3v) is 5.16. The minimum absolute atomic E-state index is 0.0433. The lowest BCUT2D eigenvalue weighted by Crippen LogP contribution is -2.45. The molecular formula is C20H27F2N5O. The molecule has 152 valence electrons. The fourth-order valence-electron chi connectivity index (χ4n) is 3.81. The second-order valence-corrected chi connectivity index (χ2v) is 7.24. The number of hydrogen-bond acceptors (Lipinski definition) is 4. The molecule has 1 aromatic heterocycles. The number of para-hydroxylation sites is 1. The second kappa shape index (κ2) is 8.58. The zero-order valence-corrected chi connectivity index (χ0v) is 16.7. The number of anilines is 1. The smallest absolute Gasteiger partial charge is 0.191 e. The maximum atomic E-state index is 14.0. The van der Waals surface area contributed by atoms with Crippen LogP contribution in [0.4, 0.5) is 14.5 Å². The zero-order valence-electron chi connectivity index (χ0n) is 16.7. The monoisotopic (exact) mass is 391 g/mol. The summed E-state index contributed by atoms with van der Waals surface area (Å²) in [5.41, 5.74) is 2.04. The van der Waals surface area contributed by atoms with E-state index < -0.39 is 11.6 Å². The summed E-state index contributed by atoms with van der Waals surface area (Å²) in [5.74, 6) is 0.637. The molecule has 1 saturated heterocycles. The number of guanidine groups is 1. The lowest BCUT2D eigenvalue weighted by Gasteiger charge is -2.22. The van der Waals surface area contributed by atoms with Crippen molar-refractivity contribution in [1.82, 2.24) is 15.8 Å². The van der Waals surface area contributed by atoms with E-state index in [0.717, 1.165) is 23.4 Å². The molecule has 1 fully saturated rings. The number of aryl methyl sites for hydroxylation is 2. The van der Waals surface area contributed by atoms with Gasteiger partial charge in [0.05, 0.1) is 5.69 Å². The predicted octanol–water partition coefficient (Wildman–Crippen LogP) is 3.12. The zero-order chi connectivity index (χ0) is 20.3. The van der Waals surface area contributed by atoms with Gasteiger partial charge in [-0.2, -0.15) is 0 Å². The average Bonchev–Trinajstić information content (AvgIpc) is 3.24. The highest BCUT2D eigenvalue weighted by Gasteiger charge is 2.27. The molecule has 0 aliphatic carbocycles. The minimum Gasteiger partial charge on any atom is -0.365 e. The first-order chi connectivity index (χ1) is 13.4. The Kier molecular flexibility index (Phi) is 6.16. The number of benzene rings is 1. The number of nitrogens with one attached hydrogen (secondary N) is 2. The van der Waals surface area contributed by atoms with Gasteiger partial charge in [0, 0.05) is 44.2 Å². The van der Waals surface area contributed by atoms with Crippen molar-refractivity contribution < 1.29 is 13.3 Å². The Balaban J connectivity index is 1.56. The molecule has 8 heteroatoms. The summed E-state index contributed by atoms with van der Waals surface area (Å²) < 4.78 is 33.3. The first-order valence-corrected chi connectivity index (χ1v) is 9.49. The summed E-state index contributed by atoms with van der Waals surface area (Å²) in [6, 6.07) is 4.01. The van der Waals surface area contributed by atoms with Crippen molar-refractivity contribution in [2.45, 2.75) is 39.2 Å². The lowest BCUT2D eigenvalue weighted by molar-refractivity contribution is 0.391. The summed E-state index contributed by atoms with van der Waals surface area (Å²) >= 11 is 0.